The van der Waals surface area contributed by atoms with E-state index >= 15 is 0 Å². The minimum absolute atomic E-state index is 0.834. The van der Waals surface area contributed by atoms with E-state index in [2.05, 4.69) is 50.4 Å². The van der Waals surface area contributed by atoms with Crippen molar-refractivity contribution >= 4 is 15.9 Å². The SMILES string of the molecule is CNCC1CCN(Cc2ccc(Br)cc2)C1. The minimum atomic E-state index is 0.834. The van der Waals surface area contributed by atoms with Crippen LogP contribution in [0.3, 0.4) is 0 Å². The summed E-state index contributed by atoms with van der Waals surface area (Å²) in [5.74, 6) is 0.834. The molecule has 2 nitrogen and oxygen atoms in total. The summed E-state index contributed by atoms with van der Waals surface area (Å²) in [5.41, 5.74) is 1.41. The first-order chi connectivity index (χ1) is 7.78. The van der Waals surface area contributed by atoms with Crippen LogP contribution in [0.25, 0.3) is 0 Å². The summed E-state index contributed by atoms with van der Waals surface area (Å²) in [6, 6.07) is 8.65. The molecule has 1 saturated heterocycles. The van der Waals surface area contributed by atoms with Crippen molar-refractivity contribution in [2.24, 2.45) is 5.92 Å². The number of benzene rings is 1. The molecule has 0 radical (unpaired) electrons. The van der Waals surface area contributed by atoms with E-state index in [1.807, 2.05) is 7.05 Å². The highest BCUT2D eigenvalue weighted by Crippen LogP contribution is 2.19. The maximum atomic E-state index is 3.47. The first-order valence-corrected chi connectivity index (χ1v) is 6.68. The van der Waals surface area contributed by atoms with Gasteiger partial charge in [0.25, 0.3) is 0 Å². The van der Waals surface area contributed by atoms with Gasteiger partial charge in [0.1, 0.15) is 0 Å². The van der Waals surface area contributed by atoms with E-state index in [-0.39, 0.29) is 0 Å². The van der Waals surface area contributed by atoms with Crippen LogP contribution in [-0.2, 0) is 6.54 Å². The number of likely N-dealkylation sites (tertiary alicyclic amines) is 1. The standard InChI is InChI=1S/C13H19BrN2/c1-15-8-12-6-7-16(10-12)9-11-2-4-13(14)5-3-11/h2-5,12,15H,6-10H2,1H3. The van der Waals surface area contributed by atoms with E-state index in [0.29, 0.717) is 0 Å². The van der Waals surface area contributed by atoms with Crippen LogP contribution in [-0.4, -0.2) is 31.6 Å². The van der Waals surface area contributed by atoms with Crippen LogP contribution in [0.2, 0.25) is 0 Å². The van der Waals surface area contributed by atoms with Gasteiger partial charge in [-0.1, -0.05) is 28.1 Å². The van der Waals surface area contributed by atoms with Crippen molar-refractivity contribution in [2.45, 2.75) is 13.0 Å². The highest BCUT2D eigenvalue weighted by Gasteiger charge is 2.21. The van der Waals surface area contributed by atoms with Crippen molar-refractivity contribution in [3.05, 3.63) is 34.3 Å². The van der Waals surface area contributed by atoms with Gasteiger partial charge >= 0.3 is 0 Å². The van der Waals surface area contributed by atoms with Gasteiger partial charge in [0, 0.05) is 17.6 Å². The Labute approximate surface area is 106 Å². The highest BCUT2D eigenvalue weighted by molar-refractivity contribution is 9.10. The molecule has 1 fully saturated rings. The van der Waals surface area contributed by atoms with E-state index in [1.54, 1.807) is 0 Å². The van der Waals surface area contributed by atoms with Crippen LogP contribution in [0.1, 0.15) is 12.0 Å². The van der Waals surface area contributed by atoms with Gasteiger partial charge in [-0.15, -0.1) is 0 Å². The van der Waals surface area contributed by atoms with Gasteiger partial charge in [0.15, 0.2) is 0 Å². The molecule has 0 saturated carbocycles. The molecule has 1 unspecified atom stereocenters. The largest absolute Gasteiger partial charge is 0.319 e. The lowest BCUT2D eigenvalue weighted by molar-refractivity contribution is 0.315. The van der Waals surface area contributed by atoms with Crippen molar-refractivity contribution in [1.82, 2.24) is 10.2 Å². The Morgan fingerprint density at radius 3 is 2.81 bits per heavy atom. The summed E-state index contributed by atoms with van der Waals surface area (Å²) in [7, 11) is 2.04. The quantitative estimate of drug-likeness (QED) is 0.913. The molecule has 0 bridgehead atoms. The predicted molar refractivity (Wildman–Crippen MR) is 71.5 cm³/mol. The average Bonchev–Trinajstić information content (AvgIpc) is 2.70. The Kier molecular flexibility index (Phi) is 4.38. The Morgan fingerprint density at radius 1 is 1.38 bits per heavy atom. The number of rotatable bonds is 4. The molecule has 1 aliphatic rings. The predicted octanol–water partition coefficient (Wildman–Crippen LogP) is 2.49. The van der Waals surface area contributed by atoms with E-state index in [0.717, 1.165) is 23.5 Å². The van der Waals surface area contributed by atoms with Crippen molar-refractivity contribution < 1.29 is 0 Å². The minimum Gasteiger partial charge on any atom is -0.319 e. The zero-order chi connectivity index (χ0) is 11.4. The van der Waals surface area contributed by atoms with Gasteiger partial charge in [-0.25, -0.2) is 0 Å². The Bertz CT molecular complexity index is 323. The topological polar surface area (TPSA) is 15.3 Å². The Hall–Kier alpha value is -0.380. The summed E-state index contributed by atoms with van der Waals surface area (Å²) in [6.45, 7) is 4.71. The third-order valence-corrected chi connectivity index (χ3v) is 3.71. The molecule has 2 rings (SSSR count). The fraction of sp³-hybridized carbons (Fsp3) is 0.538. The van der Waals surface area contributed by atoms with Gasteiger partial charge in [0.2, 0.25) is 0 Å². The number of halogens is 1. The van der Waals surface area contributed by atoms with Crippen LogP contribution in [0.4, 0.5) is 0 Å². The lowest BCUT2D eigenvalue weighted by Crippen LogP contribution is -2.24. The number of nitrogens with one attached hydrogen (secondary N) is 1. The number of nitrogens with zero attached hydrogens (tertiary/aromatic N) is 1. The Morgan fingerprint density at radius 2 is 2.12 bits per heavy atom. The maximum Gasteiger partial charge on any atom is 0.0233 e. The first kappa shape index (κ1) is 12.1. The fourth-order valence-corrected chi connectivity index (χ4v) is 2.62. The number of hydrogen-bond acceptors (Lipinski definition) is 2. The molecule has 1 aliphatic heterocycles. The molecule has 0 aromatic heterocycles. The van der Waals surface area contributed by atoms with E-state index in [9.17, 15) is 0 Å². The van der Waals surface area contributed by atoms with Gasteiger partial charge in [-0.05, 0) is 50.2 Å². The molecule has 0 spiro atoms. The summed E-state index contributed by atoms with van der Waals surface area (Å²) in [5, 5.41) is 3.27. The van der Waals surface area contributed by atoms with Crippen molar-refractivity contribution in [1.29, 1.82) is 0 Å². The summed E-state index contributed by atoms with van der Waals surface area (Å²) in [4.78, 5) is 2.55. The Balaban J connectivity index is 1.84. The molecule has 16 heavy (non-hydrogen) atoms. The van der Waals surface area contributed by atoms with E-state index in [4.69, 9.17) is 0 Å². The first-order valence-electron chi connectivity index (χ1n) is 5.89. The second kappa shape index (κ2) is 5.80. The molecule has 1 heterocycles. The normalized spacial score (nSPS) is 21.5. The lowest BCUT2D eigenvalue weighted by atomic mass is 10.1. The van der Waals surface area contributed by atoms with Gasteiger partial charge in [-0.3, -0.25) is 4.90 Å². The van der Waals surface area contributed by atoms with Crippen molar-refractivity contribution in [2.75, 3.05) is 26.7 Å². The van der Waals surface area contributed by atoms with Crippen LogP contribution in [0, 0.1) is 5.92 Å². The van der Waals surface area contributed by atoms with E-state index < -0.39 is 0 Å². The van der Waals surface area contributed by atoms with E-state index in [1.165, 1.54) is 25.1 Å². The van der Waals surface area contributed by atoms with Crippen LogP contribution in [0.15, 0.2) is 28.7 Å². The lowest BCUT2D eigenvalue weighted by Gasteiger charge is -2.16. The highest BCUT2D eigenvalue weighted by atomic mass is 79.9. The number of hydrogen-bond donors (Lipinski definition) is 1. The molecule has 1 N–H and O–H groups in total. The zero-order valence-corrected chi connectivity index (χ0v) is 11.3. The molecule has 1 aromatic carbocycles. The third kappa shape index (κ3) is 3.30. The molecule has 1 aromatic rings. The third-order valence-electron chi connectivity index (χ3n) is 3.18. The molecule has 0 aliphatic carbocycles. The van der Waals surface area contributed by atoms with Crippen molar-refractivity contribution in [3.63, 3.8) is 0 Å². The molecule has 3 heteroatoms. The van der Waals surface area contributed by atoms with Gasteiger partial charge < -0.3 is 5.32 Å². The molecule has 1 atom stereocenters. The summed E-state index contributed by atoms with van der Waals surface area (Å²) < 4.78 is 1.16. The van der Waals surface area contributed by atoms with Crippen LogP contribution < -0.4 is 5.32 Å². The maximum absolute atomic E-state index is 3.47. The smallest absolute Gasteiger partial charge is 0.0233 e. The molecule has 88 valence electrons. The van der Waals surface area contributed by atoms with Gasteiger partial charge in [-0.2, -0.15) is 0 Å². The van der Waals surface area contributed by atoms with Crippen LogP contribution in [0.5, 0.6) is 0 Å². The van der Waals surface area contributed by atoms with Gasteiger partial charge in [0.05, 0.1) is 0 Å². The monoisotopic (exact) mass is 282 g/mol. The summed E-state index contributed by atoms with van der Waals surface area (Å²) >= 11 is 3.47. The molecule has 0 amide bonds. The second-order valence-corrected chi connectivity index (χ2v) is 5.49. The zero-order valence-electron chi connectivity index (χ0n) is 9.75. The van der Waals surface area contributed by atoms with Crippen molar-refractivity contribution in [3.8, 4) is 0 Å². The second-order valence-electron chi connectivity index (χ2n) is 4.57. The molecular formula is C13H19BrN2. The average molecular weight is 283 g/mol. The van der Waals surface area contributed by atoms with Crippen LogP contribution >= 0.6 is 15.9 Å². The fourth-order valence-electron chi connectivity index (χ4n) is 2.36. The summed E-state index contributed by atoms with van der Waals surface area (Å²) in [6.07, 6.45) is 1.33. The molecular weight excluding hydrogens is 264 g/mol.